The van der Waals surface area contributed by atoms with Crippen molar-refractivity contribution in [2.24, 2.45) is 0 Å². The van der Waals surface area contributed by atoms with Crippen LogP contribution in [0.15, 0.2) is 12.1 Å². The van der Waals surface area contributed by atoms with Crippen LogP contribution in [0.4, 0.5) is 0 Å². The zero-order valence-corrected chi connectivity index (χ0v) is 33.1. The first-order valence-corrected chi connectivity index (χ1v) is 27.5. The van der Waals surface area contributed by atoms with Crippen molar-refractivity contribution < 1.29 is 4.74 Å². The molecule has 0 saturated heterocycles. The molecule has 2 aromatic rings. The topological polar surface area (TPSA) is 9.23 Å². The molecule has 0 aromatic carbocycles. The summed E-state index contributed by atoms with van der Waals surface area (Å²) in [5.74, 6) is 1.21. The minimum absolute atomic E-state index is 0.113. The van der Waals surface area contributed by atoms with Crippen molar-refractivity contribution in [1.82, 2.24) is 0 Å². The Morgan fingerprint density at radius 3 is 1.55 bits per heavy atom. The molecular weight excluding hydrogens is 655 g/mol. The van der Waals surface area contributed by atoms with E-state index >= 15 is 0 Å². The monoisotopic (exact) mass is 722 g/mol. The second-order valence-electron chi connectivity index (χ2n) is 13.6. The van der Waals surface area contributed by atoms with Crippen molar-refractivity contribution in [1.29, 1.82) is 0 Å². The van der Waals surface area contributed by atoms with Crippen LogP contribution in [0.3, 0.4) is 0 Å². The third-order valence-electron chi connectivity index (χ3n) is 9.97. The van der Waals surface area contributed by atoms with Gasteiger partial charge in [-0.05, 0) is 0 Å². The Hall–Kier alpha value is -0.00130. The Morgan fingerprint density at radius 2 is 1.05 bits per heavy atom. The third kappa shape index (κ3) is 10.00. The van der Waals surface area contributed by atoms with Gasteiger partial charge in [-0.3, -0.25) is 0 Å². The molecule has 42 heavy (non-hydrogen) atoms. The number of fused-ring (bicyclic) bond motifs is 3. The van der Waals surface area contributed by atoms with Gasteiger partial charge in [0.1, 0.15) is 0 Å². The molecule has 0 saturated carbocycles. The fraction of sp³-hybridized carbons (Fsp3) is 0.789. The molecular formula is C38H66OS2Sn. The molecule has 0 amide bonds. The fourth-order valence-electron chi connectivity index (χ4n) is 7.32. The molecule has 0 fully saturated rings. The van der Waals surface area contributed by atoms with E-state index in [2.05, 4.69) is 65.0 Å². The van der Waals surface area contributed by atoms with Crippen LogP contribution in [0.25, 0.3) is 9.75 Å². The van der Waals surface area contributed by atoms with Crippen LogP contribution in [0.5, 0.6) is 5.75 Å². The van der Waals surface area contributed by atoms with E-state index in [0.29, 0.717) is 0 Å². The summed E-state index contributed by atoms with van der Waals surface area (Å²) in [6.07, 6.45) is 27.1. The molecule has 0 atom stereocenters. The van der Waals surface area contributed by atoms with E-state index in [1.807, 2.05) is 14.2 Å². The number of aryl methyl sites for hydroxylation is 1. The van der Waals surface area contributed by atoms with Crippen molar-refractivity contribution in [2.75, 3.05) is 0 Å². The third-order valence-corrected chi connectivity index (χ3v) is 30.5. The van der Waals surface area contributed by atoms with Crippen LogP contribution >= 0.6 is 22.7 Å². The normalized spacial score (nSPS) is 14.1. The summed E-state index contributed by atoms with van der Waals surface area (Å²) >= 11 is 1.73. The summed E-state index contributed by atoms with van der Waals surface area (Å²) in [5, 5.41) is 0. The van der Waals surface area contributed by atoms with E-state index in [-0.39, 0.29) is 5.60 Å². The quantitative estimate of drug-likeness (QED) is 0.0775. The van der Waals surface area contributed by atoms with Gasteiger partial charge >= 0.3 is 276 Å². The second-order valence-corrected chi connectivity index (χ2v) is 30.1. The number of hydrogen-bond donors (Lipinski definition) is 0. The van der Waals surface area contributed by atoms with E-state index in [0.717, 1.165) is 0 Å². The number of ether oxygens (including phenoxy) is 1. The van der Waals surface area contributed by atoms with Gasteiger partial charge in [0.25, 0.3) is 0 Å². The van der Waals surface area contributed by atoms with E-state index < -0.39 is 18.4 Å². The Labute approximate surface area is 273 Å². The Balaban J connectivity index is 2.03. The minimum atomic E-state index is -2.54. The molecule has 0 radical (unpaired) electrons. The van der Waals surface area contributed by atoms with E-state index in [1.54, 1.807) is 23.8 Å². The van der Waals surface area contributed by atoms with Gasteiger partial charge in [-0.15, -0.1) is 0 Å². The molecule has 1 aliphatic heterocycles. The average molecular weight is 722 g/mol. The van der Waals surface area contributed by atoms with E-state index in [4.69, 9.17) is 4.74 Å². The van der Waals surface area contributed by atoms with Gasteiger partial charge < -0.3 is 0 Å². The molecule has 3 heterocycles. The van der Waals surface area contributed by atoms with Crippen LogP contribution in [-0.4, -0.2) is 18.4 Å². The zero-order valence-electron chi connectivity index (χ0n) is 28.6. The molecule has 4 heteroatoms. The predicted molar refractivity (Wildman–Crippen MR) is 195 cm³/mol. The van der Waals surface area contributed by atoms with Crippen LogP contribution in [0.2, 0.25) is 13.3 Å². The van der Waals surface area contributed by atoms with Crippen molar-refractivity contribution in [3.63, 3.8) is 0 Å². The predicted octanol–water partition coefficient (Wildman–Crippen LogP) is 13.9. The number of rotatable bonds is 24. The van der Waals surface area contributed by atoms with Gasteiger partial charge in [0.2, 0.25) is 0 Å². The SMILES string of the molecule is CCCCCCCCC1(CCCCCCCC)Oc2cc(C)sc2-c2s[c]([Sn]([CH2]CCC)([CH2]CCC)[CH2]CCC)cc21. The van der Waals surface area contributed by atoms with Gasteiger partial charge in [-0.2, -0.15) is 0 Å². The maximum atomic E-state index is 7.33. The Morgan fingerprint density at radius 1 is 0.571 bits per heavy atom. The molecule has 3 rings (SSSR count). The summed E-state index contributed by atoms with van der Waals surface area (Å²) in [7, 11) is 0. The fourth-order valence-corrected chi connectivity index (χ4v) is 28.8. The van der Waals surface area contributed by atoms with Gasteiger partial charge in [-0.25, -0.2) is 0 Å². The van der Waals surface area contributed by atoms with Crippen molar-refractivity contribution in [3.05, 3.63) is 22.6 Å². The number of unbranched alkanes of at least 4 members (excludes halogenated alkanes) is 13. The second kappa shape index (κ2) is 19.5. The first-order valence-electron chi connectivity index (χ1n) is 18.4. The summed E-state index contributed by atoms with van der Waals surface area (Å²) < 4.78 is 13.9. The Bertz CT molecular complexity index is 967. The molecule has 0 bridgehead atoms. The van der Waals surface area contributed by atoms with Gasteiger partial charge in [0, 0.05) is 0 Å². The molecule has 1 nitrogen and oxygen atoms in total. The van der Waals surface area contributed by atoms with E-state index in [1.165, 1.54) is 144 Å². The molecule has 0 N–H and O–H groups in total. The molecule has 0 unspecified atom stereocenters. The summed E-state index contributed by atoms with van der Waals surface area (Å²) in [4.78, 5) is 4.50. The summed E-state index contributed by atoms with van der Waals surface area (Å²) in [6.45, 7) is 14.2. The molecule has 1 aliphatic rings. The first-order chi connectivity index (χ1) is 20.5. The standard InChI is InChI=1S/C26H39OS2.3C4H9.Sn/c1-4-6-8-10-12-14-17-26(18-15-13-11-9-7-5-2)22-16-19-28-24(22)25-23(27-26)20-21(3)29-25;3*1-3-4-2;/h16,20H,4-15,17-18H2,1-3H3;3*1,3-4H2,2H3;. The molecule has 240 valence electrons. The van der Waals surface area contributed by atoms with Crippen LogP contribution in [0, 0.1) is 6.92 Å². The zero-order chi connectivity index (χ0) is 30.3. The van der Waals surface area contributed by atoms with Crippen LogP contribution < -0.4 is 7.63 Å². The summed E-state index contributed by atoms with van der Waals surface area (Å²) in [6, 6.07) is 5.20. The molecule has 0 aliphatic carbocycles. The van der Waals surface area contributed by atoms with Gasteiger partial charge in [-0.1, -0.05) is 0 Å². The number of thiophene rings is 2. The molecule has 0 spiro atoms. The van der Waals surface area contributed by atoms with Crippen LogP contribution in [-0.2, 0) is 5.60 Å². The van der Waals surface area contributed by atoms with Gasteiger partial charge in [0.15, 0.2) is 0 Å². The van der Waals surface area contributed by atoms with Crippen molar-refractivity contribution in [3.8, 4) is 15.5 Å². The van der Waals surface area contributed by atoms with E-state index in [9.17, 15) is 0 Å². The summed E-state index contributed by atoms with van der Waals surface area (Å²) in [5.41, 5.74) is 1.52. The van der Waals surface area contributed by atoms with Crippen molar-refractivity contribution in [2.45, 2.75) is 189 Å². The van der Waals surface area contributed by atoms with Gasteiger partial charge in [0.05, 0.1) is 0 Å². The van der Waals surface area contributed by atoms with Crippen LogP contribution in [0.1, 0.15) is 173 Å². The average Bonchev–Trinajstić information content (AvgIpc) is 3.61. The van der Waals surface area contributed by atoms with Crippen molar-refractivity contribution >= 4 is 43.9 Å². The maximum absolute atomic E-state index is 7.33. The first kappa shape index (κ1) is 36.5. The number of hydrogen-bond acceptors (Lipinski definition) is 3. The molecule has 2 aromatic heterocycles. The Kier molecular flexibility index (Phi) is 16.9.